The van der Waals surface area contributed by atoms with Gasteiger partial charge in [0.2, 0.25) is 5.88 Å². The number of benzene rings is 3. The van der Waals surface area contributed by atoms with Crippen LogP contribution in [0.2, 0.25) is 5.02 Å². The fourth-order valence-corrected chi connectivity index (χ4v) is 3.75. The molecule has 6 nitrogen and oxygen atoms in total. The summed E-state index contributed by atoms with van der Waals surface area (Å²) in [5.74, 6) is 1.86. The molecule has 1 aromatic heterocycles. The zero-order valence-electron chi connectivity index (χ0n) is 18.7. The molecule has 33 heavy (non-hydrogen) atoms. The number of carbonyl (C=O) groups excluding carboxylic acids is 1. The molecule has 0 unspecified atom stereocenters. The number of Topliss-reactive ketones (excluding diaryl/α,β-unsaturated/α-hetero) is 1. The molecule has 0 bridgehead atoms. The standard InChI is InChI=1S/C26H24ClN3O3/c1-30(2)20-7-10-23-24(15-20)28-16-29-26(23)33-22-8-4-17(5-9-22)12-21(31)14-18-13-19(27)6-11-25(18)32-3/h4-11,13,15-16H,12,14H2,1-3H3. The summed E-state index contributed by atoms with van der Waals surface area (Å²) in [5, 5.41) is 1.41. The molecule has 0 saturated carbocycles. The summed E-state index contributed by atoms with van der Waals surface area (Å²) in [6.07, 6.45) is 2.05. The Bertz CT molecular complexity index is 1290. The number of fused-ring (bicyclic) bond motifs is 1. The van der Waals surface area contributed by atoms with Crippen LogP contribution in [0.5, 0.6) is 17.4 Å². The number of ketones is 1. The van der Waals surface area contributed by atoms with Crippen molar-refractivity contribution in [1.82, 2.24) is 9.97 Å². The van der Waals surface area contributed by atoms with Gasteiger partial charge in [-0.15, -0.1) is 0 Å². The van der Waals surface area contributed by atoms with Crippen molar-refractivity contribution in [2.24, 2.45) is 0 Å². The lowest BCUT2D eigenvalue weighted by Gasteiger charge is -2.13. The maximum absolute atomic E-state index is 12.6. The van der Waals surface area contributed by atoms with Gasteiger partial charge >= 0.3 is 0 Å². The van der Waals surface area contributed by atoms with Crippen LogP contribution in [0.25, 0.3) is 10.9 Å². The molecule has 0 aliphatic rings. The first-order chi connectivity index (χ1) is 15.9. The Hall–Kier alpha value is -3.64. The van der Waals surface area contributed by atoms with E-state index in [9.17, 15) is 4.79 Å². The molecule has 0 N–H and O–H groups in total. The number of anilines is 1. The maximum atomic E-state index is 12.6. The molecule has 7 heteroatoms. The van der Waals surface area contributed by atoms with E-state index in [0.29, 0.717) is 28.8 Å². The van der Waals surface area contributed by atoms with Crippen molar-refractivity contribution < 1.29 is 14.3 Å². The molecule has 0 radical (unpaired) electrons. The van der Waals surface area contributed by atoms with E-state index in [1.54, 1.807) is 25.3 Å². The molecule has 0 aliphatic heterocycles. The van der Waals surface area contributed by atoms with E-state index >= 15 is 0 Å². The highest BCUT2D eigenvalue weighted by molar-refractivity contribution is 6.30. The second-order valence-electron chi connectivity index (χ2n) is 7.87. The predicted molar refractivity (Wildman–Crippen MR) is 131 cm³/mol. The average Bonchev–Trinajstić information content (AvgIpc) is 2.80. The zero-order valence-corrected chi connectivity index (χ0v) is 19.5. The minimum absolute atomic E-state index is 0.0720. The topological polar surface area (TPSA) is 64.5 Å². The van der Waals surface area contributed by atoms with Crippen LogP contribution < -0.4 is 14.4 Å². The van der Waals surface area contributed by atoms with Gasteiger partial charge in [-0.3, -0.25) is 4.79 Å². The zero-order chi connectivity index (χ0) is 23.4. The summed E-state index contributed by atoms with van der Waals surface area (Å²) in [5.41, 5.74) is 3.54. The lowest BCUT2D eigenvalue weighted by molar-refractivity contribution is -0.117. The summed E-state index contributed by atoms with van der Waals surface area (Å²) in [7, 11) is 5.55. The summed E-state index contributed by atoms with van der Waals surface area (Å²) >= 11 is 6.07. The molecule has 0 amide bonds. The van der Waals surface area contributed by atoms with Crippen LogP contribution in [-0.2, 0) is 17.6 Å². The van der Waals surface area contributed by atoms with E-state index in [1.165, 1.54) is 6.33 Å². The van der Waals surface area contributed by atoms with Crippen molar-refractivity contribution in [1.29, 1.82) is 0 Å². The Kier molecular flexibility index (Phi) is 6.75. The van der Waals surface area contributed by atoms with Gasteiger partial charge < -0.3 is 14.4 Å². The SMILES string of the molecule is COc1ccc(Cl)cc1CC(=O)Cc1ccc(Oc2ncnc3cc(N(C)C)ccc23)cc1. The van der Waals surface area contributed by atoms with Crippen LogP contribution in [0.4, 0.5) is 5.69 Å². The number of hydrogen-bond acceptors (Lipinski definition) is 6. The van der Waals surface area contributed by atoms with Crippen LogP contribution in [0.1, 0.15) is 11.1 Å². The highest BCUT2D eigenvalue weighted by Gasteiger charge is 2.12. The first kappa shape index (κ1) is 22.6. The van der Waals surface area contributed by atoms with E-state index in [2.05, 4.69) is 9.97 Å². The molecule has 0 aliphatic carbocycles. The largest absolute Gasteiger partial charge is 0.496 e. The van der Waals surface area contributed by atoms with Gasteiger partial charge in [0.05, 0.1) is 18.0 Å². The molecule has 0 saturated heterocycles. The molecule has 4 aromatic rings. The third-order valence-corrected chi connectivity index (χ3v) is 5.50. The number of aromatic nitrogens is 2. The quantitative estimate of drug-likeness (QED) is 0.345. The van der Waals surface area contributed by atoms with E-state index in [-0.39, 0.29) is 12.2 Å². The smallest absolute Gasteiger partial charge is 0.230 e. The number of methoxy groups -OCH3 is 1. The molecule has 4 rings (SSSR count). The van der Waals surface area contributed by atoms with Gasteiger partial charge in [0.15, 0.2) is 0 Å². The average molecular weight is 462 g/mol. The normalized spacial score (nSPS) is 10.8. The third kappa shape index (κ3) is 5.41. The molecule has 0 atom stereocenters. The number of rotatable bonds is 8. The Morgan fingerprint density at radius 2 is 1.76 bits per heavy atom. The Labute approximate surface area is 197 Å². The van der Waals surface area contributed by atoms with Gasteiger partial charge in [-0.1, -0.05) is 23.7 Å². The number of carbonyl (C=O) groups is 1. The Morgan fingerprint density at radius 1 is 0.970 bits per heavy atom. The highest BCUT2D eigenvalue weighted by Crippen LogP contribution is 2.29. The number of ether oxygens (including phenoxy) is 2. The molecular weight excluding hydrogens is 438 g/mol. The van der Waals surface area contributed by atoms with Crippen LogP contribution in [-0.4, -0.2) is 37.0 Å². The minimum atomic E-state index is 0.0720. The molecule has 168 valence electrons. The second kappa shape index (κ2) is 9.88. The Balaban J connectivity index is 1.45. The van der Waals surface area contributed by atoms with Crippen LogP contribution in [0, 0.1) is 0 Å². The van der Waals surface area contributed by atoms with Gasteiger partial charge in [0.25, 0.3) is 0 Å². The van der Waals surface area contributed by atoms with E-state index in [0.717, 1.165) is 27.7 Å². The molecule has 3 aromatic carbocycles. The van der Waals surface area contributed by atoms with Crippen molar-refractivity contribution in [3.8, 4) is 17.4 Å². The summed E-state index contributed by atoms with van der Waals surface area (Å²) in [4.78, 5) is 23.3. The van der Waals surface area contributed by atoms with Crippen molar-refractivity contribution >= 4 is 34.0 Å². The molecule has 0 fully saturated rings. The fraction of sp³-hybridized carbons (Fsp3) is 0.192. The highest BCUT2D eigenvalue weighted by atomic mass is 35.5. The fourth-order valence-electron chi connectivity index (χ4n) is 3.56. The number of halogens is 1. The maximum Gasteiger partial charge on any atom is 0.230 e. The van der Waals surface area contributed by atoms with Crippen molar-refractivity contribution in [3.05, 3.63) is 83.1 Å². The number of hydrogen-bond donors (Lipinski definition) is 0. The third-order valence-electron chi connectivity index (χ3n) is 5.27. The Morgan fingerprint density at radius 3 is 2.48 bits per heavy atom. The van der Waals surface area contributed by atoms with Gasteiger partial charge in [0.1, 0.15) is 23.6 Å². The molecule has 1 heterocycles. The molecular formula is C26H24ClN3O3. The summed E-state index contributed by atoms with van der Waals surface area (Å²) < 4.78 is 11.3. The molecule has 0 spiro atoms. The van der Waals surface area contributed by atoms with Gasteiger partial charge in [0, 0.05) is 43.2 Å². The van der Waals surface area contributed by atoms with Gasteiger partial charge in [-0.05, 0) is 54.1 Å². The first-order valence-electron chi connectivity index (χ1n) is 10.5. The van der Waals surface area contributed by atoms with Crippen LogP contribution >= 0.6 is 11.6 Å². The second-order valence-corrected chi connectivity index (χ2v) is 8.31. The van der Waals surface area contributed by atoms with Crippen LogP contribution in [0.15, 0.2) is 67.0 Å². The lowest BCUT2D eigenvalue weighted by atomic mass is 10.0. The summed E-state index contributed by atoms with van der Waals surface area (Å²) in [6, 6.07) is 18.7. The van der Waals surface area contributed by atoms with Crippen LogP contribution in [0.3, 0.4) is 0 Å². The first-order valence-corrected chi connectivity index (χ1v) is 10.8. The van der Waals surface area contributed by atoms with Gasteiger partial charge in [-0.2, -0.15) is 0 Å². The number of nitrogens with zero attached hydrogens (tertiary/aromatic N) is 3. The lowest BCUT2D eigenvalue weighted by Crippen LogP contribution is -2.08. The minimum Gasteiger partial charge on any atom is -0.496 e. The van der Waals surface area contributed by atoms with Crippen molar-refractivity contribution in [2.45, 2.75) is 12.8 Å². The van der Waals surface area contributed by atoms with Gasteiger partial charge in [-0.25, -0.2) is 9.97 Å². The summed E-state index contributed by atoms with van der Waals surface area (Å²) in [6.45, 7) is 0. The van der Waals surface area contributed by atoms with Crippen molar-refractivity contribution in [3.63, 3.8) is 0 Å². The monoisotopic (exact) mass is 461 g/mol. The van der Waals surface area contributed by atoms with Crippen molar-refractivity contribution in [2.75, 3.05) is 26.1 Å². The van der Waals surface area contributed by atoms with E-state index in [4.69, 9.17) is 21.1 Å². The van der Waals surface area contributed by atoms with E-state index in [1.807, 2.05) is 61.5 Å². The predicted octanol–water partition coefficient (Wildman–Crippen LogP) is 5.50. The van der Waals surface area contributed by atoms with E-state index < -0.39 is 0 Å².